The number of aryl methyl sites for hydroxylation is 1. The second kappa shape index (κ2) is 11.3. The number of rotatable bonds is 8. The molecule has 0 spiro atoms. The van der Waals surface area contributed by atoms with E-state index in [0.717, 1.165) is 24.6 Å². The van der Waals surface area contributed by atoms with Gasteiger partial charge in [0.05, 0.1) is 0 Å². The molecule has 0 aliphatic carbocycles. The number of esters is 3. The number of aromatic nitrogens is 2. The van der Waals surface area contributed by atoms with Crippen LogP contribution in [0.2, 0.25) is 0 Å². The highest BCUT2D eigenvalue weighted by Gasteiger charge is 2.55. The lowest BCUT2D eigenvalue weighted by molar-refractivity contribution is -0.166. The second-order valence-corrected chi connectivity index (χ2v) is 7.86. The maximum atomic E-state index is 12.9. The number of nitrogens with one attached hydrogen (secondary N) is 1. The van der Waals surface area contributed by atoms with Crippen molar-refractivity contribution in [3.05, 3.63) is 78.9 Å². The molecule has 190 valence electrons. The molecule has 0 bridgehead atoms. The van der Waals surface area contributed by atoms with Crippen LogP contribution in [0.3, 0.4) is 0 Å². The summed E-state index contributed by atoms with van der Waals surface area (Å²) in [6.45, 7) is 3.42. The maximum Gasteiger partial charge on any atom is 0.330 e. The fourth-order valence-electron chi connectivity index (χ4n) is 3.68. The highest BCUT2D eigenvalue weighted by molar-refractivity contribution is 5.77. The van der Waals surface area contributed by atoms with Crippen LogP contribution in [-0.2, 0) is 39.9 Å². The van der Waals surface area contributed by atoms with E-state index in [0.29, 0.717) is 5.56 Å². The van der Waals surface area contributed by atoms with Gasteiger partial charge in [0.25, 0.3) is 5.56 Å². The lowest BCUT2D eigenvalue weighted by Gasteiger charge is -2.25. The van der Waals surface area contributed by atoms with Crippen molar-refractivity contribution >= 4 is 17.9 Å². The molecule has 1 N–H and O–H groups in total. The van der Waals surface area contributed by atoms with Crippen LogP contribution in [0.25, 0.3) is 10.4 Å². The average molecular weight is 501 g/mol. The van der Waals surface area contributed by atoms with Gasteiger partial charge in [-0.15, -0.1) is 0 Å². The van der Waals surface area contributed by atoms with Crippen LogP contribution in [0, 0.1) is 6.92 Å². The molecule has 1 aromatic carbocycles. The van der Waals surface area contributed by atoms with Crippen molar-refractivity contribution in [3.63, 3.8) is 0 Å². The van der Waals surface area contributed by atoms with Gasteiger partial charge in [0.1, 0.15) is 12.7 Å². The molecule has 0 amide bonds. The Labute approximate surface area is 203 Å². The molecule has 2 heterocycles. The van der Waals surface area contributed by atoms with Crippen molar-refractivity contribution in [3.8, 4) is 0 Å². The summed E-state index contributed by atoms with van der Waals surface area (Å²) in [7, 11) is 0. The normalized spacial score (nSPS) is 21.6. The molecule has 1 fully saturated rings. The van der Waals surface area contributed by atoms with E-state index in [1.165, 1.54) is 6.92 Å². The Hall–Kier alpha value is -4.42. The van der Waals surface area contributed by atoms with Crippen LogP contribution in [0.4, 0.5) is 0 Å². The number of carbonyl (C=O) groups is 3. The SMILES string of the molecule is CC(=O)O[C@H]1[C@@H](OC(C)=O)[C@H](n2cc(C)c(=O)[nH]c2=O)O[C@@H]1[C@H](N=[N+]=[N-])C(=O)OCc1ccccc1. The van der Waals surface area contributed by atoms with Crippen LogP contribution < -0.4 is 11.2 Å². The Morgan fingerprint density at radius 3 is 2.39 bits per heavy atom. The van der Waals surface area contributed by atoms with Crippen LogP contribution in [0.5, 0.6) is 0 Å². The quantitative estimate of drug-likeness (QED) is 0.181. The van der Waals surface area contributed by atoms with Gasteiger partial charge < -0.3 is 18.9 Å². The summed E-state index contributed by atoms with van der Waals surface area (Å²) in [5.74, 6) is -2.65. The van der Waals surface area contributed by atoms with E-state index in [-0.39, 0.29) is 12.2 Å². The van der Waals surface area contributed by atoms with Crippen molar-refractivity contribution in [2.24, 2.45) is 5.11 Å². The molecular formula is C22H23N5O9. The van der Waals surface area contributed by atoms with E-state index < -0.39 is 59.7 Å². The molecule has 1 aromatic heterocycles. The molecular weight excluding hydrogens is 478 g/mol. The van der Waals surface area contributed by atoms with E-state index in [1.54, 1.807) is 30.3 Å². The Kier molecular flexibility index (Phi) is 8.25. The molecule has 14 nitrogen and oxygen atoms in total. The standard InChI is InChI=1S/C22H23N5O9/c1-11-9-27(22(32)24-19(11)30)20-18(35-13(3)29)17(34-12(2)28)16(36-20)15(25-26-23)21(31)33-10-14-7-5-4-6-8-14/h4-9,15-18,20H,10H2,1-3H3,(H,24,30,32)/t15-,16+,17+,18+,20+/m0/s1. The Balaban J connectivity index is 2.02. The number of hydrogen-bond donors (Lipinski definition) is 1. The average Bonchev–Trinajstić information content (AvgIpc) is 3.15. The zero-order valence-electron chi connectivity index (χ0n) is 19.5. The third-order valence-corrected chi connectivity index (χ3v) is 5.20. The molecule has 0 radical (unpaired) electrons. The van der Waals surface area contributed by atoms with E-state index in [9.17, 15) is 24.0 Å². The number of H-pyrrole nitrogens is 1. The second-order valence-electron chi connectivity index (χ2n) is 7.86. The molecule has 0 saturated carbocycles. The molecule has 36 heavy (non-hydrogen) atoms. The number of carbonyl (C=O) groups excluding carboxylic acids is 3. The summed E-state index contributed by atoms with van der Waals surface area (Å²) in [6.07, 6.45) is -4.73. The van der Waals surface area contributed by atoms with E-state index in [1.807, 2.05) is 0 Å². The summed E-state index contributed by atoms with van der Waals surface area (Å²) in [4.78, 5) is 65.8. The Morgan fingerprint density at radius 2 is 1.78 bits per heavy atom. The first-order valence-corrected chi connectivity index (χ1v) is 10.7. The van der Waals surface area contributed by atoms with Crippen molar-refractivity contribution in [1.29, 1.82) is 0 Å². The van der Waals surface area contributed by atoms with Gasteiger partial charge in [-0.1, -0.05) is 35.4 Å². The lowest BCUT2D eigenvalue weighted by Crippen LogP contribution is -2.46. The molecule has 1 aliphatic heterocycles. The number of hydrogen-bond acceptors (Lipinski definition) is 10. The molecule has 1 saturated heterocycles. The minimum atomic E-state index is -1.69. The summed E-state index contributed by atoms with van der Waals surface area (Å²) >= 11 is 0. The van der Waals surface area contributed by atoms with Gasteiger partial charge >= 0.3 is 23.6 Å². The minimum absolute atomic E-state index is 0.126. The zero-order chi connectivity index (χ0) is 26.4. The zero-order valence-corrected chi connectivity index (χ0v) is 19.5. The van der Waals surface area contributed by atoms with E-state index in [2.05, 4.69) is 15.0 Å². The molecule has 14 heteroatoms. The van der Waals surface area contributed by atoms with E-state index in [4.69, 9.17) is 24.5 Å². The van der Waals surface area contributed by atoms with Gasteiger partial charge in [-0.05, 0) is 18.0 Å². The largest absolute Gasteiger partial charge is 0.460 e. The molecule has 3 rings (SSSR count). The van der Waals surface area contributed by atoms with Crippen molar-refractivity contribution < 1.29 is 33.3 Å². The number of azide groups is 1. The predicted molar refractivity (Wildman–Crippen MR) is 120 cm³/mol. The third kappa shape index (κ3) is 5.98. The monoisotopic (exact) mass is 501 g/mol. The number of aromatic amines is 1. The molecule has 5 atom stereocenters. The first-order valence-electron chi connectivity index (χ1n) is 10.7. The summed E-state index contributed by atoms with van der Waals surface area (Å²) in [5, 5.41) is 3.48. The molecule has 1 aliphatic rings. The van der Waals surface area contributed by atoms with Crippen molar-refractivity contribution in [2.45, 2.75) is 58.0 Å². The molecule has 0 unspecified atom stereocenters. The van der Waals surface area contributed by atoms with Crippen LogP contribution in [0.1, 0.15) is 31.2 Å². The van der Waals surface area contributed by atoms with Gasteiger partial charge in [0, 0.05) is 30.5 Å². The summed E-state index contributed by atoms with van der Waals surface area (Å²) in [5.41, 5.74) is 8.33. The van der Waals surface area contributed by atoms with E-state index >= 15 is 0 Å². The van der Waals surface area contributed by atoms with Crippen molar-refractivity contribution in [1.82, 2.24) is 9.55 Å². The summed E-state index contributed by atoms with van der Waals surface area (Å²) < 4.78 is 22.7. The maximum absolute atomic E-state index is 12.9. The smallest absolute Gasteiger partial charge is 0.330 e. The topological polar surface area (TPSA) is 192 Å². The highest BCUT2D eigenvalue weighted by atomic mass is 16.6. The first-order chi connectivity index (χ1) is 17.1. The first kappa shape index (κ1) is 26.2. The fraction of sp³-hybridized carbons (Fsp3) is 0.409. The van der Waals surface area contributed by atoms with Gasteiger partial charge in [-0.2, -0.15) is 0 Å². The Bertz CT molecular complexity index is 1300. The van der Waals surface area contributed by atoms with Crippen LogP contribution in [0.15, 0.2) is 51.2 Å². The van der Waals surface area contributed by atoms with Crippen LogP contribution in [-0.4, -0.2) is 51.8 Å². The lowest BCUT2D eigenvalue weighted by atomic mass is 10.0. The van der Waals surface area contributed by atoms with Gasteiger partial charge in [0.2, 0.25) is 0 Å². The number of benzene rings is 1. The van der Waals surface area contributed by atoms with Crippen molar-refractivity contribution in [2.75, 3.05) is 0 Å². The minimum Gasteiger partial charge on any atom is -0.460 e. The Morgan fingerprint density at radius 1 is 1.14 bits per heavy atom. The number of ether oxygens (including phenoxy) is 4. The third-order valence-electron chi connectivity index (χ3n) is 5.20. The predicted octanol–water partition coefficient (Wildman–Crippen LogP) is 1.03. The van der Waals surface area contributed by atoms with Gasteiger partial charge in [0.15, 0.2) is 24.5 Å². The fourth-order valence-corrected chi connectivity index (χ4v) is 3.68. The molecule has 2 aromatic rings. The highest BCUT2D eigenvalue weighted by Crippen LogP contribution is 2.36. The number of nitrogens with zero attached hydrogens (tertiary/aromatic N) is 4. The van der Waals surface area contributed by atoms with Gasteiger partial charge in [-0.3, -0.25) is 28.7 Å². The van der Waals surface area contributed by atoms with Crippen LogP contribution >= 0.6 is 0 Å². The summed E-state index contributed by atoms with van der Waals surface area (Å²) in [6, 6.07) is 6.99. The van der Waals surface area contributed by atoms with Gasteiger partial charge in [-0.25, -0.2) is 4.79 Å².